The fourth-order valence-electron chi connectivity index (χ4n) is 2.25. The number of Topliss-reactive ketones (excluding diaryl/α,β-unsaturated/α-hetero) is 1. The van der Waals surface area contributed by atoms with Crippen LogP contribution in [0.2, 0.25) is 0 Å². The topological polar surface area (TPSA) is 95.1 Å². The Balaban J connectivity index is 2.96. The van der Waals surface area contributed by atoms with E-state index in [1.54, 1.807) is 40.0 Å². The van der Waals surface area contributed by atoms with Gasteiger partial charge in [-0.15, -0.1) is 0 Å². The van der Waals surface area contributed by atoms with Crippen molar-refractivity contribution >= 4 is 11.9 Å². The normalized spacial score (nSPS) is 12.1. The Hall–Kier alpha value is -2.48. The lowest BCUT2D eigenvalue weighted by molar-refractivity contribution is 0.0522. The molecule has 0 radical (unpaired) electrons. The SMILES string of the molecule is CNC(CNC(=O)OC(C)(C)C)C(=O)c1cc(OC)c(OC)c(OC)c1. The standard InChI is InChI=1S/C18H28N2O6/c1-18(2,3)26-17(22)20-10-12(19-4)15(21)11-8-13(23-5)16(25-7)14(9-11)24-6/h8-9,12,19H,10H2,1-7H3,(H,20,22). The van der Waals surface area contributed by atoms with E-state index in [-0.39, 0.29) is 12.3 Å². The third kappa shape index (κ3) is 5.80. The van der Waals surface area contributed by atoms with E-state index in [1.807, 2.05) is 0 Å². The minimum absolute atomic E-state index is 0.0703. The summed E-state index contributed by atoms with van der Waals surface area (Å²) in [5.41, 5.74) is -0.246. The number of carbonyl (C=O) groups excluding carboxylic acids is 2. The van der Waals surface area contributed by atoms with Crippen LogP contribution in [0.4, 0.5) is 4.79 Å². The fourth-order valence-corrected chi connectivity index (χ4v) is 2.25. The Morgan fingerprint density at radius 3 is 1.96 bits per heavy atom. The van der Waals surface area contributed by atoms with E-state index >= 15 is 0 Å². The largest absolute Gasteiger partial charge is 0.493 e. The van der Waals surface area contributed by atoms with Crippen molar-refractivity contribution < 1.29 is 28.5 Å². The summed E-state index contributed by atoms with van der Waals surface area (Å²) in [6, 6.07) is 2.49. The highest BCUT2D eigenvalue weighted by molar-refractivity contribution is 6.01. The summed E-state index contributed by atoms with van der Waals surface area (Å²) in [6.45, 7) is 5.37. The molecule has 0 fully saturated rings. The predicted octanol–water partition coefficient (Wildman–Crippen LogP) is 2.01. The van der Waals surface area contributed by atoms with Gasteiger partial charge >= 0.3 is 6.09 Å². The molecule has 0 bridgehead atoms. The maximum absolute atomic E-state index is 12.8. The maximum Gasteiger partial charge on any atom is 0.407 e. The quantitative estimate of drug-likeness (QED) is 0.678. The molecule has 0 aliphatic carbocycles. The van der Waals surface area contributed by atoms with Crippen LogP contribution in [0.1, 0.15) is 31.1 Å². The van der Waals surface area contributed by atoms with Gasteiger partial charge in [-0.3, -0.25) is 4.79 Å². The van der Waals surface area contributed by atoms with Crippen molar-refractivity contribution in [3.8, 4) is 17.2 Å². The first kappa shape index (κ1) is 21.6. The van der Waals surface area contributed by atoms with Gasteiger partial charge < -0.3 is 29.6 Å². The van der Waals surface area contributed by atoms with Gasteiger partial charge in [0.1, 0.15) is 5.60 Å². The molecule has 2 N–H and O–H groups in total. The summed E-state index contributed by atoms with van der Waals surface area (Å²) in [5, 5.41) is 5.48. The van der Waals surface area contributed by atoms with Crippen molar-refractivity contribution in [1.29, 1.82) is 0 Å². The lowest BCUT2D eigenvalue weighted by Crippen LogP contribution is -2.45. The van der Waals surface area contributed by atoms with Gasteiger partial charge in [0.25, 0.3) is 0 Å². The lowest BCUT2D eigenvalue weighted by Gasteiger charge is -2.22. The van der Waals surface area contributed by atoms with E-state index in [1.165, 1.54) is 21.3 Å². The number of methoxy groups -OCH3 is 3. The van der Waals surface area contributed by atoms with Crippen molar-refractivity contribution in [1.82, 2.24) is 10.6 Å². The van der Waals surface area contributed by atoms with Crippen LogP contribution in [0.25, 0.3) is 0 Å². The zero-order chi connectivity index (χ0) is 19.9. The van der Waals surface area contributed by atoms with E-state index in [4.69, 9.17) is 18.9 Å². The molecule has 1 amide bonds. The molecule has 0 saturated carbocycles. The zero-order valence-electron chi connectivity index (χ0n) is 16.4. The van der Waals surface area contributed by atoms with Crippen LogP contribution in [-0.4, -0.2) is 58.4 Å². The van der Waals surface area contributed by atoms with Crippen molar-refractivity contribution in [2.24, 2.45) is 0 Å². The number of ether oxygens (including phenoxy) is 4. The molecule has 0 aliphatic rings. The molecule has 8 heteroatoms. The van der Waals surface area contributed by atoms with Crippen LogP contribution in [0.15, 0.2) is 12.1 Å². The fraction of sp³-hybridized carbons (Fsp3) is 0.556. The van der Waals surface area contributed by atoms with Crippen molar-refractivity contribution in [3.63, 3.8) is 0 Å². The highest BCUT2D eigenvalue weighted by atomic mass is 16.6. The first-order chi connectivity index (χ1) is 12.2. The predicted molar refractivity (Wildman–Crippen MR) is 97.5 cm³/mol. The van der Waals surface area contributed by atoms with Gasteiger partial charge in [-0.1, -0.05) is 0 Å². The number of nitrogens with one attached hydrogen (secondary N) is 2. The minimum Gasteiger partial charge on any atom is -0.493 e. The van der Waals surface area contributed by atoms with Gasteiger partial charge in [0, 0.05) is 12.1 Å². The zero-order valence-corrected chi connectivity index (χ0v) is 16.4. The first-order valence-electron chi connectivity index (χ1n) is 8.15. The Morgan fingerprint density at radius 1 is 1.04 bits per heavy atom. The average Bonchev–Trinajstić information content (AvgIpc) is 2.58. The smallest absolute Gasteiger partial charge is 0.407 e. The maximum atomic E-state index is 12.8. The van der Waals surface area contributed by atoms with Gasteiger partial charge in [0.2, 0.25) is 5.75 Å². The van der Waals surface area contributed by atoms with E-state index < -0.39 is 17.7 Å². The Bertz CT molecular complexity index is 614. The van der Waals surface area contributed by atoms with Crippen LogP contribution in [0, 0.1) is 0 Å². The third-order valence-corrected chi connectivity index (χ3v) is 3.46. The molecule has 0 aliphatic heterocycles. The molecule has 26 heavy (non-hydrogen) atoms. The highest BCUT2D eigenvalue weighted by Crippen LogP contribution is 2.38. The van der Waals surface area contributed by atoms with Gasteiger partial charge in [0.05, 0.1) is 27.4 Å². The van der Waals surface area contributed by atoms with Gasteiger partial charge in [-0.05, 0) is 40.0 Å². The third-order valence-electron chi connectivity index (χ3n) is 3.46. The van der Waals surface area contributed by atoms with Crippen LogP contribution < -0.4 is 24.8 Å². The molecule has 0 heterocycles. The first-order valence-corrected chi connectivity index (χ1v) is 8.15. The van der Waals surface area contributed by atoms with Gasteiger partial charge in [-0.25, -0.2) is 4.79 Å². The summed E-state index contributed by atoms with van der Waals surface area (Å²) in [6.07, 6.45) is -0.588. The van der Waals surface area contributed by atoms with E-state index in [0.717, 1.165) is 0 Å². The molecule has 1 atom stereocenters. The number of hydrogen-bond acceptors (Lipinski definition) is 7. The molecule has 8 nitrogen and oxygen atoms in total. The Kier molecular flexibility index (Phi) is 7.70. The van der Waals surface area contributed by atoms with Gasteiger partial charge in [0.15, 0.2) is 17.3 Å². The number of rotatable bonds is 8. The Morgan fingerprint density at radius 2 is 1.58 bits per heavy atom. The van der Waals surface area contributed by atoms with Crippen molar-refractivity contribution in [3.05, 3.63) is 17.7 Å². The average molecular weight is 368 g/mol. The van der Waals surface area contributed by atoms with E-state index in [0.29, 0.717) is 22.8 Å². The molecular formula is C18H28N2O6. The molecule has 146 valence electrons. The summed E-state index contributed by atoms with van der Waals surface area (Å²) in [4.78, 5) is 24.6. The molecule has 1 aromatic carbocycles. The lowest BCUT2D eigenvalue weighted by atomic mass is 10.0. The number of alkyl carbamates (subject to hydrolysis) is 1. The van der Waals surface area contributed by atoms with Crippen LogP contribution in [0.3, 0.4) is 0 Å². The summed E-state index contributed by atoms with van der Waals surface area (Å²) < 4.78 is 21.0. The molecular weight excluding hydrogens is 340 g/mol. The number of ketones is 1. The minimum atomic E-state index is -0.648. The number of amides is 1. The summed E-state index contributed by atoms with van der Waals surface area (Å²) >= 11 is 0. The van der Waals surface area contributed by atoms with E-state index in [2.05, 4.69) is 10.6 Å². The number of carbonyl (C=O) groups is 2. The van der Waals surface area contributed by atoms with Crippen LogP contribution >= 0.6 is 0 Å². The molecule has 0 saturated heterocycles. The second-order valence-electron chi connectivity index (χ2n) is 6.50. The van der Waals surface area contributed by atoms with Gasteiger partial charge in [-0.2, -0.15) is 0 Å². The number of likely N-dealkylation sites (N-methyl/N-ethyl adjacent to an activating group) is 1. The summed E-state index contributed by atoms with van der Waals surface area (Å²) in [5.74, 6) is 0.928. The second kappa shape index (κ2) is 9.28. The molecule has 1 unspecified atom stereocenters. The van der Waals surface area contributed by atoms with Crippen LogP contribution in [0.5, 0.6) is 17.2 Å². The van der Waals surface area contributed by atoms with Crippen LogP contribution in [-0.2, 0) is 4.74 Å². The number of benzene rings is 1. The Labute approximate surface area is 154 Å². The van der Waals surface area contributed by atoms with Crippen molar-refractivity contribution in [2.45, 2.75) is 32.4 Å². The molecule has 0 aromatic heterocycles. The second-order valence-corrected chi connectivity index (χ2v) is 6.50. The molecule has 1 rings (SSSR count). The molecule has 0 spiro atoms. The summed E-state index contributed by atoms with van der Waals surface area (Å²) in [7, 11) is 6.08. The highest BCUT2D eigenvalue weighted by Gasteiger charge is 2.24. The number of hydrogen-bond donors (Lipinski definition) is 2. The van der Waals surface area contributed by atoms with E-state index in [9.17, 15) is 9.59 Å². The van der Waals surface area contributed by atoms with Crippen molar-refractivity contribution in [2.75, 3.05) is 34.9 Å². The molecule has 1 aromatic rings. The monoisotopic (exact) mass is 368 g/mol.